The number of aromatic amines is 1. The molecule has 3 aromatic heterocycles. The summed E-state index contributed by atoms with van der Waals surface area (Å²) in [5.41, 5.74) is 11.2. The lowest BCUT2D eigenvalue weighted by Gasteiger charge is -2.19. The first kappa shape index (κ1) is 23.4. The molecule has 8 heteroatoms. The van der Waals surface area contributed by atoms with Gasteiger partial charge in [0.05, 0.1) is 10.7 Å². The van der Waals surface area contributed by atoms with Gasteiger partial charge in [-0.2, -0.15) is 0 Å². The Morgan fingerprint density at radius 3 is 2.68 bits per heavy atom. The largest absolute Gasteiger partial charge is 0.439 e. The number of aromatic nitrogens is 5. The number of nitrogens with one attached hydrogen (secondary N) is 1. The lowest BCUT2D eigenvalue weighted by Crippen LogP contribution is -2.07. The predicted molar refractivity (Wildman–Crippen MR) is 145 cm³/mol. The van der Waals surface area contributed by atoms with Gasteiger partial charge in [-0.3, -0.25) is 14.1 Å². The molecule has 3 heterocycles. The minimum Gasteiger partial charge on any atom is -0.296 e. The molecule has 0 saturated heterocycles. The average molecular weight is 512 g/mol. The fourth-order valence-electron chi connectivity index (χ4n) is 5.51. The van der Waals surface area contributed by atoms with Crippen molar-refractivity contribution < 1.29 is 4.52 Å². The molecule has 2 aromatic carbocycles. The highest BCUT2D eigenvalue weighted by Gasteiger charge is 2.25. The van der Waals surface area contributed by atoms with Gasteiger partial charge in [0, 0.05) is 17.7 Å². The Kier molecular flexibility index (Phi) is 5.60. The van der Waals surface area contributed by atoms with Crippen LogP contribution >= 0.6 is 11.6 Å². The Hall–Kier alpha value is -3.97. The molecule has 6 rings (SSSR count). The standard InChI is InChI=1S/C29H26ClN5O2/c1-5-24-32-26-22(30)14-15(2)31-28(26)35(24)23-13-12-21-19(16(23)3)11-10-18-8-6-7-9-20(18)25(21)17(4)27-33-29(36)37-34-27/h6-9,12-14H,5,10-11H2,1-4H3,(H,33,34,36)/b25-17+. The fourth-order valence-corrected chi connectivity index (χ4v) is 5.79. The van der Waals surface area contributed by atoms with Gasteiger partial charge >= 0.3 is 5.76 Å². The number of pyridine rings is 1. The molecule has 0 aliphatic heterocycles. The third-order valence-corrected chi connectivity index (χ3v) is 7.55. The summed E-state index contributed by atoms with van der Waals surface area (Å²) in [7, 11) is 0. The Morgan fingerprint density at radius 2 is 1.92 bits per heavy atom. The van der Waals surface area contributed by atoms with Crippen molar-refractivity contribution in [1.29, 1.82) is 0 Å². The van der Waals surface area contributed by atoms with E-state index < -0.39 is 5.76 Å². The summed E-state index contributed by atoms with van der Waals surface area (Å²) in [6.07, 6.45) is 2.52. The summed E-state index contributed by atoms with van der Waals surface area (Å²) in [6.45, 7) is 8.18. The van der Waals surface area contributed by atoms with Crippen LogP contribution in [0.3, 0.4) is 0 Å². The van der Waals surface area contributed by atoms with Crippen molar-refractivity contribution in [1.82, 2.24) is 24.7 Å². The van der Waals surface area contributed by atoms with E-state index in [-0.39, 0.29) is 0 Å². The number of hydrogen-bond acceptors (Lipinski definition) is 5. The number of imidazole rings is 1. The predicted octanol–water partition coefficient (Wildman–Crippen LogP) is 6.01. The van der Waals surface area contributed by atoms with Crippen LogP contribution in [0.15, 0.2) is 51.8 Å². The van der Waals surface area contributed by atoms with Crippen molar-refractivity contribution in [3.63, 3.8) is 0 Å². The molecule has 186 valence electrons. The molecule has 0 amide bonds. The van der Waals surface area contributed by atoms with E-state index >= 15 is 0 Å². The molecule has 1 N–H and O–H groups in total. The van der Waals surface area contributed by atoms with Crippen molar-refractivity contribution in [2.24, 2.45) is 0 Å². The van der Waals surface area contributed by atoms with Crippen molar-refractivity contribution in [3.05, 3.63) is 103 Å². The van der Waals surface area contributed by atoms with Gasteiger partial charge in [0.15, 0.2) is 11.5 Å². The van der Waals surface area contributed by atoms with Gasteiger partial charge in [0.2, 0.25) is 0 Å². The average Bonchev–Trinajstić information content (AvgIpc) is 3.43. The summed E-state index contributed by atoms with van der Waals surface area (Å²) < 4.78 is 6.98. The van der Waals surface area contributed by atoms with E-state index in [1.54, 1.807) is 0 Å². The minimum atomic E-state index is -0.566. The highest BCUT2D eigenvalue weighted by Crippen LogP contribution is 2.40. The van der Waals surface area contributed by atoms with Crippen molar-refractivity contribution in [2.75, 3.05) is 0 Å². The second kappa shape index (κ2) is 8.85. The Labute approximate surface area is 218 Å². The number of rotatable bonds is 3. The van der Waals surface area contributed by atoms with Gasteiger partial charge in [-0.15, -0.1) is 0 Å². The van der Waals surface area contributed by atoms with Gasteiger partial charge in [-0.05, 0) is 79.1 Å². The number of allylic oxidation sites excluding steroid dienone is 1. The molecule has 5 aromatic rings. The van der Waals surface area contributed by atoms with E-state index in [0.717, 1.165) is 75.5 Å². The van der Waals surface area contributed by atoms with Crippen LogP contribution in [0.4, 0.5) is 0 Å². The fraction of sp³-hybridized carbons (Fsp3) is 0.241. The van der Waals surface area contributed by atoms with E-state index in [2.05, 4.69) is 58.9 Å². The van der Waals surface area contributed by atoms with Crippen molar-refractivity contribution in [3.8, 4) is 5.69 Å². The molecule has 0 bridgehead atoms. The summed E-state index contributed by atoms with van der Waals surface area (Å²) in [6, 6.07) is 14.6. The lowest BCUT2D eigenvalue weighted by atomic mass is 9.88. The maximum Gasteiger partial charge on any atom is 0.439 e. The minimum absolute atomic E-state index is 0.438. The number of H-pyrrole nitrogens is 1. The highest BCUT2D eigenvalue weighted by atomic mass is 35.5. The molecule has 0 fully saturated rings. The van der Waals surface area contributed by atoms with Gasteiger partial charge in [0.1, 0.15) is 11.3 Å². The third kappa shape index (κ3) is 3.73. The number of fused-ring (bicyclic) bond motifs is 3. The first-order valence-electron chi connectivity index (χ1n) is 12.4. The summed E-state index contributed by atoms with van der Waals surface area (Å²) in [4.78, 5) is 24.1. The van der Waals surface area contributed by atoms with Crippen LogP contribution < -0.4 is 5.76 Å². The topological polar surface area (TPSA) is 89.6 Å². The van der Waals surface area contributed by atoms with Crippen LogP contribution in [0.25, 0.3) is 28.0 Å². The third-order valence-electron chi connectivity index (χ3n) is 7.26. The number of halogens is 1. The molecule has 0 unspecified atom stereocenters. The van der Waals surface area contributed by atoms with E-state index in [1.807, 2.05) is 26.0 Å². The molecular formula is C29H26ClN5O2. The van der Waals surface area contributed by atoms with Crippen LogP contribution in [-0.4, -0.2) is 24.7 Å². The number of aryl methyl sites for hydroxylation is 3. The second-order valence-electron chi connectivity index (χ2n) is 9.47. The Morgan fingerprint density at radius 1 is 1.11 bits per heavy atom. The zero-order valence-corrected chi connectivity index (χ0v) is 21.9. The van der Waals surface area contributed by atoms with Crippen LogP contribution in [-0.2, 0) is 19.3 Å². The normalized spacial score (nSPS) is 14.4. The maximum atomic E-state index is 11.8. The SMILES string of the molecule is CCc1nc2c(Cl)cc(C)nc2n1-c1ccc2c(c1C)CCc1ccccc1/C2=C(/C)c1noc(=O)[nH]1. The Bertz CT molecular complexity index is 1790. The summed E-state index contributed by atoms with van der Waals surface area (Å²) in [5, 5.41) is 4.60. The molecule has 0 radical (unpaired) electrons. The number of benzene rings is 2. The van der Waals surface area contributed by atoms with Gasteiger partial charge in [0.25, 0.3) is 0 Å². The monoisotopic (exact) mass is 511 g/mol. The first-order valence-corrected chi connectivity index (χ1v) is 12.8. The van der Waals surface area contributed by atoms with E-state index in [4.69, 9.17) is 26.1 Å². The van der Waals surface area contributed by atoms with Gasteiger partial charge in [-0.25, -0.2) is 14.8 Å². The maximum absolute atomic E-state index is 11.8. The molecule has 0 saturated carbocycles. The quantitative estimate of drug-likeness (QED) is 0.320. The van der Waals surface area contributed by atoms with Crippen molar-refractivity contribution >= 4 is 33.9 Å². The van der Waals surface area contributed by atoms with Crippen LogP contribution in [0.2, 0.25) is 5.02 Å². The molecule has 37 heavy (non-hydrogen) atoms. The molecular weight excluding hydrogens is 486 g/mol. The molecule has 0 spiro atoms. The van der Waals surface area contributed by atoms with Crippen LogP contribution in [0.1, 0.15) is 59.0 Å². The van der Waals surface area contributed by atoms with E-state index in [0.29, 0.717) is 10.8 Å². The summed E-state index contributed by atoms with van der Waals surface area (Å²) >= 11 is 6.57. The molecule has 7 nitrogen and oxygen atoms in total. The number of nitrogens with zero attached hydrogens (tertiary/aromatic N) is 4. The number of hydrogen-bond donors (Lipinski definition) is 1. The molecule has 1 aliphatic rings. The van der Waals surface area contributed by atoms with Gasteiger partial charge < -0.3 is 0 Å². The zero-order valence-electron chi connectivity index (χ0n) is 21.1. The molecule has 1 aliphatic carbocycles. The highest BCUT2D eigenvalue weighted by molar-refractivity contribution is 6.34. The summed E-state index contributed by atoms with van der Waals surface area (Å²) in [5.74, 6) is 0.791. The smallest absolute Gasteiger partial charge is 0.296 e. The van der Waals surface area contributed by atoms with Crippen molar-refractivity contribution in [2.45, 2.75) is 47.0 Å². The van der Waals surface area contributed by atoms with E-state index in [1.165, 1.54) is 11.1 Å². The lowest BCUT2D eigenvalue weighted by molar-refractivity contribution is 0.385. The Balaban J connectivity index is 1.64. The second-order valence-corrected chi connectivity index (χ2v) is 9.88. The van der Waals surface area contributed by atoms with E-state index in [9.17, 15) is 4.79 Å². The van der Waals surface area contributed by atoms with Gasteiger partial charge in [-0.1, -0.05) is 54.0 Å². The van der Waals surface area contributed by atoms with Crippen LogP contribution in [0, 0.1) is 13.8 Å². The zero-order chi connectivity index (χ0) is 25.8. The van der Waals surface area contributed by atoms with Crippen LogP contribution in [0.5, 0.6) is 0 Å². The molecule has 0 atom stereocenters. The first-order chi connectivity index (χ1) is 17.9.